The van der Waals surface area contributed by atoms with Gasteiger partial charge in [-0.05, 0) is 7.05 Å². The second kappa shape index (κ2) is 5.11. The van der Waals surface area contributed by atoms with Crippen LogP contribution in [-0.4, -0.2) is 58.0 Å². The van der Waals surface area contributed by atoms with Gasteiger partial charge in [-0.15, -0.1) is 0 Å². The Kier molecular flexibility index (Phi) is 7.13. The van der Waals surface area contributed by atoms with Crippen LogP contribution in [0.2, 0.25) is 32.7 Å². The number of hydrogen-bond acceptors (Lipinski definition) is 1. The molecule has 0 aromatic heterocycles. The number of hydrogen-bond donors (Lipinski definition) is 0. The quantitative estimate of drug-likeness (QED) is 0.586. The maximum Gasteiger partial charge on any atom is 0.111 e. The van der Waals surface area contributed by atoms with E-state index in [1.165, 1.54) is 0 Å². The van der Waals surface area contributed by atoms with E-state index in [0.717, 1.165) is 0 Å². The van der Waals surface area contributed by atoms with Crippen LogP contribution in [0.5, 0.6) is 0 Å². The van der Waals surface area contributed by atoms with Crippen LogP contribution in [0.25, 0.3) is 0 Å². The van der Waals surface area contributed by atoms with Crippen molar-refractivity contribution >= 4 is 46.8 Å². The third-order valence-electron chi connectivity index (χ3n) is 1.83. The summed E-state index contributed by atoms with van der Waals surface area (Å²) in [6, 6.07) is 0. The van der Waals surface area contributed by atoms with Crippen LogP contribution in [0.3, 0.4) is 0 Å². The molecule has 1 radical (unpaired) electrons. The molecule has 0 saturated carbocycles. The van der Waals surface area contributed by atoms with Crippen molar-refractivity contribution in [2.75, 3.05) is 7.05 Å². The number of rotatable bonds is 2. The molecule has 0 saturated heterocycles. The van der Waals surface area contributed by atoms with Gasteiger partial charge in [0, 0.05) is 29.6 Å². The van der Waals surface area contributed by atoms with Crippen molar-refractivity contribution < 1.29 is 0 Å². The van der Waals surface area contributed by atoms with Crippen molar-refractivity contribution in [3.63, 3.8) is 0 Å². The summed E-state index contributed by atoms with van der Waals surface area (Å²) in [6.07, 6.45) is 0. The van der Waals surface area contributed by atoms with E-state index >= 15 is 0 Å². The van der Waals surface area contributed by atoms with E-state index in [-0.39, 0.29) is 29.6 Å². The van der Waals surface area contributed by atoms with Gasteiger partial charge >= 0.3 is 0 Å². The van der Waals surface area contributed by atoms with E-state index in [0.29, 0.717) is 0 Å². The molecule has 0 spiro atoms. The third kappa shape index (κ3) is 5.10. The fourth-order valence-corrected chi connectivity index (χ4v) is 6.97. The van der Waals surface area contributed by atoms with Crippen LogP contribution < -0.4 is 0 Å². The minimum Gasteiger partial charge on any atom is -0.351 e. The number of nitrogens with zero attached hydrogens (tertiary/aromatic N) is 1. The van der Waals surface area contributed by atoms with Crippen molar-refractivity contribution in [2.24, 2.45) is 0 Å². The molecule has 0 unspecified atom stereocenters. The average molecular weight is 184 g/mol. The van der Waals surface area contributed by atoms with Gasteiger partial charge in [0.25, 0.3) is 0 Å². The minimum absolute atomic E-state index is 0. The Hall–Kier alpha value is 1.39. The zero-order valence-electron chi connectivity index (χ0n) is 8.52. The Bertz CT molecular complexity index is 90.2. The molecule has 0 aliphatic heterocycles. The fraction of sp³-hybridized carbons (Fsp3) is 1.00. The van der Waals surface area contributed by atoms with Gasteiger partial charge in [0.1, 0.15) is 8.24 Å². The van der Waals surface area contributed by atoms with Gasteiger partial charge in [-0.3, -0.25) is 0 Å². The van der Waals surface area contributed by atoms with Gasteiger partial charge in [-0.25, -0.2) is 0 Å². The summed E-state index contributed by atoms with van der Waals surface area (Å²) < 4.78 is 2.63. The zero-order chi connectivity index (χ0) is 7.65. The Morgan fingerprint density at radius 2 is 1.40 bits per heavy atom. The zero-order valence-corrected chi connectivity index (χ0v) is 12.7. The summed E-state index contributed by atoms with van der Waals surface area (Å²) in [5, 5.41) is 0. The fourth-order valence-electron chi connectivity index (χ4n) is 0.775. The monoisotopic (exact) mass is 184 g/mol. The predicted octanol–water partition coefficient (Wildman–Crippen LogP) is 1.36. The molecule has 0 fully saturated rings. The maximum absolute atomic E-state index is 2.63. The topological polar surface area (TPSA) is 3.24 Å². The van der Waals surface area contributed by atoms with E-state index in [1.54, 1.807) is 0 Å². The summed E-state index contributed by atoms with van der Waals surface area (Å²) in [7, 11) is 0.858. The van der Waals surface area contributed by atoms with Crippen LogP contribution in [0, 0.1) is 0 Å². The van der Waals surface area contributed by atoms with Gasteiger partial charge in [-0.1, -0.05) is 32.7 Å². The van der Waals surface area contributed by atoms with Gasteiger partial charge in [0.05, 0.1) is 8.96 Å². The molecule has 0 atom stereocenters. The van der Waals surface area contributed by atoms with Gasteiger partial charge in [-0.2, -0.15) is 0 Å². The second-order valence-corrected chi connectivity index (χ2v) is 12.4. The van der Waals surface area contributed by atoms with Crippen LogP contribution in [-0.2, 0) is 0 Å². The molecule has 0 aliphatic rings. The van der Waals surface area contributed by atoms with Crippen molar-refractivity contribution in [1.29, 1.82) is 0 Å². The van der Waals surface area contributed by atoms with E-state index in [1.807, 2.05) is 0 Å². The molecular formula is C6H19NNaSi2. The summed E-state index contributed by atoms with van der Waals surface area (Å²) >= 11 is 0. The molecule has 0 bridgehead atoms. The molecule has 1 nitrogen and oxygen atoms in total. The van der Waals surface area contributed by atoms with Gasteiger partial charge in [0.15, 0.2) is 0 Å². The van der Waals surface area contributed by atoms with Crippen LogP contribution in [0.1, 0.15) is 0 Å². The van der Waals surface area contributed by atoms with Gasteiger partial charge < -0.3 is 4.23 Å². The molecule has 10 heavy (non-hydrogen) atoms. The van der Waals surface area contributed by atoms with E-state index in [2.05, 4.69) is 44.0 Å². The largest absolute Gasteiger partial charge is 0.351 e. The van der Waals surface area contributed by atoms with E-state index < -0.39 is 17.2 Å². The van der Waals surface area contributed by atoms with Gasteiger partial charge in [0.2, 0.25) is 0 Å². The second-order valence-electron chi connectivity index (χ2n) is 3.88. The molecule has 0 rings (SSSR count). The van der Waals surface area contributed by atoms with Crippen molar-refractivity contribution in [3.05, 3.63) is 0 Å². The van der Waals surface area contributed by atoms with E-state index in [4.69, 9.17) is 0 Å². The summed E-state index contributed by atoms with van der Waals surface area (Å²) in [5.74, 6) is 0. The molecule has 57 valence electrons. The standard InChI is InChI=1S/C6H19NSi2.Na/c1-7(8(2)3)9(4,5)6;/h8H,1-6H3;. The molecule has 0 N–H and O–H groups in total. The third-order valence-corrected chi connectivity index (χ3v) is 9.37. The normalized spacial score (nSPS) is 12.0. The van der Waals surface area contributed by atoms with Crippen LogP contribution in [0.15, 0.2) is 0 Å². The Morgan fingerprint density at radius 3 is 1.40 bits per heavy atom. The molecule has 0 aromatic carbocycles. The van der Waals surface area contributed by atoms with Crippen molar-refractivity contribution in [2.45, 2.75) is 32.7 Å². The first-order chi connectivity index (χ1) is 3.85. The molecule has 0 aliphatic carbocycles. The van der Waals surface area contributed by atoms with Crippen LogP contribution in [0.4, 0.5) is 0 Å². The smallest absolute Gasteiger partial charge is 0.111 e. The van der Waals surface area contributed by atoms with E-state index in [9.17, 15) is 0 Å². The Balaban J connectivity index is 0. The Labute approximate surface area is 90.3 Å². The average Bonchev–Trinajstić information content (AvgIpc) is 1.62. The molecule has 0 heterocycles. The first-order valence-corrected chi connectivity index (χ1v) is 9.86. The predicted molar refractivity (Wildman–Crippen MR) is 55.7 cm³/mol. The summed E-state index contributed by atoms with van der Waals surface area (Å²) in [5.41, 5.74) is 0. The molecular weight excluding hydrogens is 165 g/mol. The Morgan fingerprint density at radius 1 is 1.10 bits per heavy atom. The maximum atomic E-state index is 2.63. The van der Waals surface area contributed by atoms with Crippen molar-refractivity contribution in [3.8, 4) is 0 Å². The first-order valence-electron chi connectivity index (χ1n) is 3.58. The molecule has 0 amide bonds. The SMILES string of the molecule is CN([SiH](C)C)[Si](C)(C)C.[Na]. The van der Waals surface area contributed by atoms with Crippen molar-refractivity contribution in [1.82, 2.24) is 4.23 Å². The first kappa shape index (κ1) is 13.9. The minimum atomic E-state index is -0.929. The van der Waals surface area contributed by atoms with Crippen LogP contribution >= 0.6 is 0 Å². The molecule has 4 heteroatoms. The molecule has 0 aromatic rings. The summed E-state index contributed by atoms with van der Waals surface area (Å²) in [6.45, 7) is 12.0. The summed E-state index contributed by atoms with van der Waals surface area (Å²) in [4.78, 5) is 0.